The highest BCUT2D eigenvalue weighted by Crippen LogP contribution is 2.49. The van der Waals surface area contributed by atoms with E-state index < -0.39 is 0 Å². The highest BCUT2D eigenvalue weighted by molar-refractivity contribution is 5.64. The summed E-state index contributed by atoms with van der Waals surface area (Å²) in [7, 11) is 2.09. The summed E-state index contributed by atoms with van der Waals surface area (Å²) in [4.78, 5) is 2.69. The van der Waals surface area contributed by atoms with E-state index in [1.54, 1.807) is 0 Å². The molecule has 1 unspecified atom stereocenters. The summed E-state index contributed by atoms with van der Waals surface area (Å²) in [6.07, 6.45) is 2.23. The van der Waals surface area contributed by atoms with E-state index >= 15 is 0 Å². The number of nitrogens with zero attached hydrogens (tertiary/aromatic N) is 3. The molecule has 24 heavy (non-hydrogen) atoms. The minimum absolute atomic E-state index is 0.955. The average Bonchev–Trinajstić information content (AvgIpc) is 2.94. The van der Waals surface area contributed by atoms with Crippen LogP contribution in [-0.2, 0) is 19.9 Å². The predicted octanol–water partition coefficient (Wildman–Crippen LogP) is 1.95. The van der Waals surface area contributed by atoms with Gasteiger partial charge in [0, 0.05) is 44.2 Å². The smallest absolute Gasteiger partial charge is 0.0714 e. The van der Waals surface area contributed by atoms with E-state index in [2.05, 4.69) is 52.3 Å². The van der Waals surface area contributed by atoms with Crippen molar-refractivity contribution >= 4 is 0 Å². The van der Waals surface area contributed by atoms with Crippen molar-refractivity contribution in [2.75, 3.05) is 32.7 Å². The van der Waals surface area contributed by atoms with Crippen molar-refractivity contribution in [1.82, 2.24) is 20.0 Å². The Morgan fingerprint density at radius 3 is 2.62 bits per heavy atom. The molecule has 3 atom stereocenters. The Kier molecular flexibility index (Phi) is 3.49. The second-order valence-electron chi connectivity index (χ2n) is 7.71. The van der Waals surface area contributed by atoms with Gasteiger partial charge in [-0.15, -0.1) is 0 Å². The fourth-order valence-electron chi connectivity index (χ4n) is 4.99. The minimum atomic E-state index is 0.955. The standard InChI is InChI=1S/C20H26N4/c1-23-20(14-5-3-2-4-6-14)15-7-9-24(10-8-19(15)22-23)13-18-16-11-21-12-17(16)18/h2-6,16-18,21H,7-13H2,1H3/t16-,17+,18?. The maximum Gasteiger partial charge on any atom is 0.0714 e. The van der Waals surface area contributed by atoms with Gasteiger partial charge in [-0.05, 0) is 37.3 Å². The third-order valence-electron chi connectivity index (χ3n) is 6.36. The molecule has 1 saturated heterocycles. The molecule has 5 rings (SSSR count). The molecule has 0 radical (unpaired) electrons. The molecule has 4 nitrogen and oxygen atoms in total. The van der Waals surface area contributed by atoms with Gasteiger partial charge in [0.05, 0.1) is 11.4 Å². The Morgan fingerprint density at radius 1 is 1.08 bits per heavy atom. The molecular formula is C20H26N4. The predicted molar refractivity (Wildman–Crippen MR) is 95.8 cm³/mol. The maximum absolute atomic E-state index is 4.85. The lowest BCUT2D eigenvalue weighted by Gasteiger charge is -2.21. The Bertz CT molecular complexity index is 726. The largest absolute Gasteiger partial charge is 0.316 e. The fraction of sp³-hybridized carbons (Fsp3) is 0.550. The quantitative estimate of drug-likeness (QED) is 0.938. The third kappa shape index (κ3) is 2.40. The van der Waals surface area contributed by atoms with Crippen LogP contribution in [0.25, 0.3) is 11.3 Å². The Morgan fingerprint density at radius 2 is 1.83 bits per heavy atom. The van der Waals surface area contributed by atoms with E-state index in [4.69, 9.17) is 5.10 Å². The average molecular weight is 322 g/mol. The zero-order valence-electron chi connectivity index (χ0n) is 14.4. The van der Waals surface area contributed by atoms with Crippen molar-refractivity contribution in [3.8, 4) is 11.3 Å². The van der Waals surface area contributed by atoms with Gasteiger partial charge in [-0.3, -0.25) is 4.68 Å². The van der Waals surface area contributed by atoms with Gasteiger partial charge in [0.2, 0.25) is 0 Å². The summed E-state index contributed by atoms with van der Waals surface area (Å²) in [6.45, 7) is 6.16. The van der Waals surface area contributed by atoms with Crippen LogP contribution in [0.5, 0.6) is 0 Å². The molecule has 2 aromatic rings. The minimum Gasteiger partial charge on any atom is -0.316 e. The van der Waals surface area contributed by atoms with Crippen LogP contribution >= 0.6 is 0 Å². The molecule has 1 aromatic heterocycles. The van der Waals surface area contributed by atoms with Crippen molar-refractivity contribution in [2.24, 2.45) is 24.8 Å². The number of aromatic nitrogens is 2. The van der Waals surface area contributed by atoms with E-state index in [-0.39, 0.29) is 0 Å². The van der Waals surface area contributed by atoms with Crippen molar-refractivity contribution in [1.29, 1.82) is 0 Å². The molecule has 1 aliphatic carbocycles. The lowest BCUT2D eigenvalue weighted by molar-refractivity contribution is 0.262. The first-order valence-corrected chi connectivity index (χ1v) is 9.34. The van der Waals surface area contributed by atoms with Crippen molar-refractivity contribution in [3.05, 3.63) is 41.6 Å². The molecule has 2 aliphatic heterocycles. The molecule has 0 bridgehead atoms. The first-order valence-electron chi connectivity index (χ1n) is 9.34. The summed E-state index contributed by atoms with van der Waals surface area (Å²) >= 11 is 0. The molecule has 2 fully saturated rings. The fourth-order valence-corrected chi connectivity index (χ4v) is 4.99. The maximum atomic E-state index is 4.85. The molecule has 0 amide bonds. The SMILES string of the molecule is Cn1nc2c(c1-c1ccccc1)CCN(CC1[C@H]3CNC[C@@H]13)CC2. The van der Waals surface area contributed by atoms with Gasteiger partial charge < -0.3 is 10.2 Å². The van der Waals surface area contributed by atoms with Gasteiger partial charge in [0.15, 0.2) is 0 Å². The van der Waals surface area contributed by atoms with Crippen LogP contribution in [-0.4, -0.2) is 47.4 Å². The first-order chi connectivity index (χ1) is 11.8. The van der Waals surface area contributed by atoms with Crippen LogP contribution in [0.3, 0.4) is 0 Å². The van der Waals surface area contributed by atoms with Crippen LogP contribution in [0.2, 0.25) is 0 Å². The van der Waals surface area contributed by atoms with Crippen LogP contribution in [0.15, 0.2) is 30.3 Å². The van der Waals surface area contributed by atoms with Crippen LogP contribution in [0.4, 0.5) is 0 Å². The van der Waals surface area contributed by atoms with Crippen molar-refractivity contribution in [2.45, 2.75) is 12.8 Å². The van der Waals surface area contributed by atoms with E-state index in [0.29, 0.717) is 0 Å². The van der Waals surface area contributed by atoms with Crippen molar-refractivity contribution in [3.63, 3.8) is 0 Å². The Labute approximate surface area is 143 Å². The lowest BCUT2D eigenvalue weighted by atomic mass is 10.0. The van der Waals surface area contributed by atoms with Crippen LogP contribution in [0, 0.1) is 17.8 Å². The van der Waals surface area contributed by atoms with Gasteiger partial charge in [-0.1, -0.05) is 30.3 Å². The van der Waals surface area contributed by atoms with Gasteiger partial charge in [-0.2, -0.15) is 5.10 Å². The summed E-state index contributed by atoms with van der Waals surface area (Å²) in [5.41, 5.74) is 5.41. The summed E-state index contributed by atoms with van der Waals surface area (Å²) < 4.78 is 2.09. The Hall–Kier alpha value is -1.65. The molecule has 1 aromatic carbocycles. The molecule has 126 valence electrons. The monoisotopic (exact) mass is 322 g/mol. The van der Waals surface area contributed by atoms with E-state index in [1.807, 2.05) is 0 Å². The second-order valence-corrected chi connectivity index (χ2v) is 7.71. The molecular weight excluding hydrogens is 296 g/mol. The topological polar surface area (TPSA) is 33.1 Å². The molecule has 4 heteroatoms. The number of nitrogens with one attached hydrogen (secondary N) is 1. The summed E-state index contributed by atoms with van der Waals surface area (Å²) in [5, 5.41) is 8.37. The number of hydrogen-bond donors (Lipinski definition) is 1. The normalized spacial score (nSPS) is 29.1. The summed E-state index contributed by atoms with van der Waals surface area (Å²) in [5.74, 6) is 2.89. The molecule has 3 aliphatic rings. The highest BCUT2D eigenvalue weighted by atomic mass is 15.3. The number of rotatable bonds is 3. The number of benzene rings is 1. The van der Waals surface area contributed by atoms with Crippen molar-refractivity contribution < 1.29 is 0 Å². The third-order valence-corrected chi connectivity index (χ3v) is 6.36. The zero-order chi connectivity index (χ0) is 16.1. The van der Waals surface area contributed by atoms with Crippen LogP contribution in [0.1, 0.15) is 11.3 Å². The summed E-state index contributed by atoms with van der Waals surface area (Å²) in [6, 6.07) is 10.7. The van der Waals surface area contributed by atoms with E-state index in [0.717, 1.165) is 30.6 Å². The van der Waals surface area contributed by atoms with Gasteiger partial charge in [-0.25, -0.2) is 0 Å². The molecule has 1 N–H and O–H groups in total. The van der Waals surface area contributed by atoms with Gasteiger partial charge in [0.1, 0.15) is 0 Å². The van der Waals surface area contributed by atoms with E-state index in [1.165, 1.54) is 55.2 Å². The first kappa shape index (κ1) is 14.7. The number of fused-ring (bicyclic) bond motifs is 2. The number of hydrogen-bond acceptors (Lipinski definition) is 3. The van der Waals surface area contributed by atoms with Crippen LogP contribution < -0.4 is 5.32 Å². The molecule has 0 spiro atoms. The number of aryl methyl sites for hydroxylation is 1. The zero-order valence-corrected chi connectivity index (χ0v) is 14.4. The second kappa shape index (κ2) is 5.71. The lowest BCUT2D eigenvalue weighted by Crippen LogP contribution is -2.31. The van der Waals surface area contributed by atoms with Gasteiger partial charge >= 0.3 is 0 Å². The highest BCUT2D eigenvalue weighted by Gasteiger charge is 2.52. The molecule has 3 heterocycles. The van der Waals surface area contributed by atoms with Gasteiger partial charge in [0.25, 0.3) is 0 Å². The van der Waals surface area contributed by atoms with E-state index in [9.17, 15) is 0 Å². The molecule has 1 saturated carbocycles. The Balaban J connectivity index is 1.34. The number of piperidine rings is 1.